The van der Waals surface area contributed by atoms with Crippen LogP contribution in [0.5, 0.6) is 0 Å². The van der Waals surface area contributed by atoms with Gasteiger partial charge in [-0.2, -0.15) is 0 Å². The molecule has 1 aromatic carbocycles. The molecule has 0 aliphatic carbocycles. The number of aliphatic hydroxyl groups excluding tert-OH is 1. The van der Waals surface area contributed by atoms with Crippen molar-refractivity contribution in [2.75, 3.05) is 13.2 Å². The van der Waals surface area contributed by atoms with Crippen LogP contribution in [0.1, 0.15) is 18.5 Å². The molecule has 1 fully saturated rings. The van der Waals surface area contributed by atoms with E-state index >= 15 is 0 Å². The third kappa shape index (κ3) is 2.02. The molecule has 4 nitrogen and oxygen atoms in total. The number of rotatable bonds is 3. The van der Waals surface area contributed by atoms with Crippen molar-refractivity contribution in [2.24, 2.45) is 0 Å². The first-order chi connectivity index (χ1) is 7.72. The zero-order valence-corrected chi connectivity index (χ0v) is 9.17. The van der Waals surface area contributed by atoms with E-state index in [1.807, 2.05) is 37.3 Å². The zero-order chi connectivity index (χ0) is 11.5. The second-order valence-corrected chi connectivity index (χ2v) is 3.93. The maximum Gasteiger partial charge on any atom is 0.410 e. The van der Waals surface area contributed by atoms with Gasteiger partial charge in [0.15, 0.2) is 0 Å². The summed E-state index contributed by atoms with van der Waals surface area (Å²) in [5.74, 6) is 0. The zero-order valence-electron chi connectivity index (χ0n) is 9.17. The number of hydrogen-bond donors (Lipinski definition) is 1. The second-order valence-electron chi connectivity index (χ2n) is 3.93. The van der Waals surface area contributed by atoms with Crippen LogP contribution >= 0.6 is 0 Å². The largest absolute Gasteiger partial charge is 0.442 e. The van der Waals surface area contributed by atoms with Crippen LogP contribution in [-0.2, 0) is 4.74 Å². The summed E-state index contributed by atoms with van der Waals surface area (Å²) in [6, 6.07) is 9.75. The van der Waals surface area contributed by atoms with Crippen LogP contribution in [0.4, 0.5) is 4.79 Å². The molecule has 0 radical (unpaired) electrons. The van der Waals surface area contributed by atoms with Crippen molar-refractivity contribution >= 4 is 6.09 Å². The Morgan fingerprint density at radius 1 is 1.50 bits per heavy atom. The minimum Gasteiger partial charge on any atom is -0.442 e. The molecule has 1 saturated heterocycles. The molecule has 86 valence electrons. The first-order valence-corrected chi connectivity index (χ1v) is 5.35. The van der Waals surface area contributed by atoms with Gasteiger partial charge in [-0.3, -0.25) is 4.90 Å². The van der Waals surface area contributed by atoms with E-state index < -0.39 is 6.10 Å². The summed E-state index contributed by atoms with van der Waals surface area (Å²) in [7, 11) is 0. The summed E-state index contributed by atoms with van der Waals surface area (Å²) >= 11 is 0. The monoisotopic (exact) mass is 221 g/mol. The smallest absolute Gasteiger partial charge is 0.410 e. The molecule has 0 saturated carbocycles. The number of carbonyl (C=O) groups excluding carboxylic acids is 1. The highest BCUT2D eigenvalue weighted by atomic mass is 16.6. The van der Waals surface area contributed by atoms with Crippen LogP contribution in [0.15, 0.2) is 30.3 Å². The molecular formula is C12H15NO3. The van der Waals surface area contributed by atoms with E-state index in [1.165, 1.54) is 0 Å². The van der Waals surface area contributed by atoms with Gasteiger partial charge in [-0.05, 0) is 12.5 Å². The van der Waals surface area contributed by atoms with Gasteiger partial charge < -0.3 is 9.84 Å². The minimum absolute atomic E-state index is 0.0229. The van der Waals surface area contributed by atoms with Crippen molar-refractivity contribution in [3.8, 4) is 0 Å². The van der Waals surface area contributed by atoms with Gasteiger partial charge in [0.25, 0.3) is 0 Å². The number of cyclic esters (lactones) is 1. The number of carbonyl (C=O) groups is 1. The fraction of sp³-hybridized carbons (Fsp3) is 0.417. The van der Waals surface area contributed by atoms with E-state index in [-0.39, 0.29) is 18.7 Å². The predicted octanol–water partition coefficient (Wildman–Crippen LogP) is 1.56. The first-order valence-electron chi connectivity index (χ1n) is 5.35. The molecule has 1 N–H and O–H groups in total. The van der Waals surface area contributed by atoms with E-state index in [0.717, 1.165) is 5.56 Å². The number of hydrogen-bond acceptors (Lipinski definition) is 3. The third-order valence-corrected chi connectivity index (χ3v) is 2.86. The maximum absolute atomic E-state index is 11.6. The van der Waals surface area contributed by atoms with E-state index in [2.05, 4.69) is 0 Å². The number of ether oxygens (including phenoxy) is 1. The van der Waals surface area contributed by atoms with E-state index in [9.17, 15) is 4.79 Å². The van der Waals surface area contributed by atoms with Gasteiger partial charge in [0, 0.05) is 0 Å². The Labute approximate surface area is 94.4 Å². The lowest BCUT2D eigenvalue weighted by molar-refractivity contribution is 0.0941. The van der Waals surface area contributed by atoms with Gasteiger partial charge in [0.05, 0.1) is 19.2 Å². The van der Waals surface area contributed by atoms with Crippen molar-refractivity contribution in [2.45, 2.75) is 19.1 Å². The molecular weight excluding hydrogens is 206 g/mol. The molecule has 0 bridgehead atoms. The Kier molecular flexibility index (Phi) is 3.10. The Hall–Kier alpha value is -1.55. The van der Waals surface area contributed by atoms with Crippen molar-refractivity contribution in [1.29, 1.82) is 0 Å². The van der Waals surface area contributed by atoms with Crippen LogP contribution < -0.4 is 0 Å². The van der Waals surface area contributed by atoms with Crippen molar-refractivity contribution in [1.82, 2.24) is 4.90 Å². The molecule has 2 rings (SSSR count). The summed E-state index contributed by atoms with van der Waals surface area (Å²) in [4.78, 5) is 13.2. The SMILES string of the molecule is C[C@H](c1ccccc1)N1C[C@H](CO)OC1=O. The summed E-state index contributed by atoms with van der Waals surface area (Å²) in [5, 5.41) is 8.95. The molecule has 0 spiro atoms. The molecule has 0 aromatic heterocycles. The first kappa shape index (κ1) is 11.0. The number of nitrogens with zero attached hydrogens (tertiary/aromatic N) is 1. The minimum atomic E-state index is -0.390. The molecule has 1 heterocycles. The molecule has 16 heavy (non-hydrogen) atoms. The highest BCUT2D eigenvalue weighted by molar-refractivity contribution is 5.70. The van der Waals surface area contributed by atoms with Crippen molar-refractivity contribution < 1.29 is 14.6 Å². The number of benzene rings is 1. The fourth-order valence-electron chi connectivity index (χ4n) is 1.86. The van der Waals surface area contributed by atoms with Gasteiger partial charge >= 0.3 is 6.09 Å². The van der Waals surface area contributed by atoms with Crippen LogP contribution in [0.3, 0.4) is 0 Å². The second kappa shape index (κ2) is 4.53. The van der Waals surface area contributed by atoms with Crippen molar-refractivity contribution in [3.05, 3.63) is 35.9 Å². The number of amides is 1. The Morgan fingerprint density at radius 2 is 2.19 bits per heavy atom. The third-order valence-electron chi connectivity index (χ3n) is 2.86. The van der Waals surface area contributed by atoms with Crippen LogP contribution in [0.2, 0.25) is 0 Å². The fourth-order valence-corrected chi connectivity index (χ4v) is 1.86. The van der Waals surface area contributed by atoms with E-state index in [1.54, 1.807) is 4.90 Å². The van der Waals surface area contributed by atoms with E-state index in [0.29, 0.717) is 6.54 Å². The summed E-state index contributed by atoms with van der Waals surface area (Å²) in [6.45, 7) is 2.28. The molecule has 1 aliphatic heterocycles. The van der Waals surface area contributed by atoms with Gasteiger partial charge in [-0.1, -0.05) is 30.3 Å². The highest BCUT2D eigenvalue weighted by Gasteiger charge is 2.34. The van der Waals surface area contributed by atoms with Crippen LogP contribution in [0, 0.1) is 0 Å². The predicted molar refractivity (Wildman–Crippen MR) is 58.9 cm³/mol. The summed E-state index contributed by atoms with van der Waals surface area (Å²) in [5.41, 5.74) is 1.07. The molecule has 2 atom stereocenters. The topological polar surface area (TPSA) is 49.8 Å². The maximum atomic E-state index is 11.6. The Balaban J connectivity index is 2.11. The molecule has 1 aliphatic rings. The molecule has 0 unspecified atom stereocenters. The quantitative estimate of drug-likeness (QED) is 0.842. The Bertz CT molecular complexity index is 366. The van der Waals surface area contributed by atoms with Crippen LogP contribution in [0.25, 0.3) is 0 Å². The number of aliphatic hydroxyl groups is 1. The van der Waals surface area contributed by atoms with E-state index in [4.69, 9.17) is 9.84 Å². The normalized spacial score (nSPS) is 22.0. The lowest BCUT2D eigenvalue weighted by atomic mass is 10.1. The van der Waals surface area contributed by atoms with Crippen LogP contribution in [-0.4, -0.2) is 35.4 Å². The lowest BCUT2D eigenvalue weighted by Crippen LogP contribution is -2.28. The average Bonchev–Trinajstić information content (AvgIpc) is 2.71. The lowest BCUT2D eigenvalue weighted by Gasteiger charge is -2.22. The standard InChI is InChI=1S/C12H15NO3/c1-9(10-5-3-2-4-6-10)13-7-11(8-14)16-12(13)15/h2-6,9,11,14H,7-8H2,1H3/t9-,11-/m1/s1. The average molecular weight is 221 g/mol. The molecule has 1 aromatic rings. The Morgan fingerprint density at radius 3 is 2.75 bits per heavy atom. The van der Waals surface area contributed by atoms with Gasteiger partial charge in [-0.15, -0.1) is 0 Å². The summed E-state index contributed by atoms with van der Waals surface area (Å²) in [6.07, 6.45) is -0.742. The van der Waals surface area contributed by atoms with Crippen molar-refractivity contribution in [3.63, 3.8) is 0 Å². The highest BCUT2D eigenvalue weighted by Crippen LogP contribution is 2.25. The summed E-state index contributed by atoms with van der Waals surface area (Å²) < 4.78 is 5.00. The molecule has 1 amide bonds. The van der Waals surface area contributed by atoms with Gasteiger partial charge in [0.2, 0.25) is 0 Å². The van der Waals surface area contributed by atoms with Gasteiger partial charge in [-0.25, -0.2) is 4.79 Å². The van der Waals surface area contributed by atoms with Gasteiger partial charge in [0.1, 0.15) is 6.10 Å². The molecule has 4 heteroatoms.